The minimum absolute atomic E-state index is 0. The molecule has 0 aliphatic rings. The molecule has 0 aliphatic carbocycles. The summed E-state index contributed by atoms with van der Waals surface area (Å²) < 4.78 is 11.3. The van der Waals surface area contributed by atoms with Crippen LogP contribution in [0.4, 0.5) is 0 Å². The van der Waals surface area contributed by atoms with Gasteiger partial charge in [-0.25, -0.2) is 5.32 Å². The van der Waals surface area contributed by atoms with Gasteiger partial charge in [0.15, 0.2) is 0 Å². The number of carbonyl (C=O) groups is 2. The Morgan fingerprint density at radius 1 is 0.447 bits per heavy atom. The van der Waals surface area contributed by atoms with Gasteiger partial charge in [-0.15, -0.1) is 0 Å². The summed E-state index contributed by atoms with van der Waals surface area (Å²) >= 11 is 0. The van der Waals surface area contributed by atoms with Crippen molar-refractivity contribution < 1.29 is 19.1 Å². The molecule has 0 atom stereocenters. The Morgan fingerprint density at radius 3 is 0.894 bits per heavy atom. The van der Waals surface area contributed by atoms with Crippen molar-refractivity contribution in [3.63, 3.8) is 0 Å². The van der Waals surface area contributed by atoms with Crippen molar-refractivity contribution in [2.24, 2.45) is 5.73 Å². The number of rotatable bonds is 37. The monoisotopic (exact) mass is 677 g/mol. The number of carbonyl (C=O) groups excluding carboxylic acids is 2. The summed E-state index contributed by atoms with van der Waals surface area (Å²) in [5, 5.41) is 3.00. The molecule has 0 aromatic heterocycles. The third kappa shape index (κ3) is 34.1. The van der Waals surface area contributed by atoms with Gasteiger partial charge in [0.05, 0.1) is 6.54 Å². The van der Waals surface area contributed by atoms with Crippen molar-refractivity contribution in [3.8, 4) is 0 Å². The molecule has 3 N–H and O–H groups in total. The maximum atomic E-state index is 12.6. The molecule has 276 valence electrons. The number of hydrogen-bond acceptors (Lipinski definition) is 6. The molecular weight excluding hydrogens is 595 g/mol. The van der Waals surface area contributed by atoms with Crippen LogP contribution in [0.2, 0.25) is 0 Å². The molecule has 0 aliphatic heterocycles. The molecule has 0 spiro atoms. The molecule has 0 saturated carbocycles. The zero-order chi connectivity index (χ0) is 33.8. The van der Waals surface area contributed by atoms with Crippen molar-refractivity contribution in [2.45, 2.75) is 232 Å². The number of esters is 2. The first-order valence-electron chi connectivity index (χ1n) is 20.4. The summed E-state index contributed by atoms with van der Waals surface area (Å²) in [6.45, 7) is 6.81. The summed E-state index contributed by atoms with van der Waals surface area (Å²) in [5.41, 5.74) is 5.94. The summed E-state index contributed by atoms with van der Waals surface area (Å²) in [4.78, 5) is 25.2. The number of nitrogens with one attached hydrogen (secondary N) is 1. The average Bonchev–Trinajstić information content (AvgIpc) is 3.04. The number of unbranched alkanes of at least 4 members (excludes halogenated alkanes) is 28. The van der Waals surface area contributed by atoms with Gasteiger partial charge in [0.2, 0.25) is 0 Å². The van der Waals surface area contributed by atoms with Crippen molar-refractivity contribution >= 4 is 41.5 Å². The number of ether oxygens (including phenoxy) is 2. The Morgan fingerprint density at radius 2 is 0.681 bits per heavy atom. The van der Waals surface area contributed by atoms with Gasteiger partial charge in [0, 0.05) is 12.8 Å². The Bertz CT molecular complexity index is 616. The molecular formula is C40H81N2NaO4. The molecule has 47 heavy (non-hydrogen) atoms. The van der Waals surface area contributed by atoms with Crippen LogP contribution in [0.5, 0.6) is 0 Å². The van der Waals surface area contributed by atoms with E-state index in [1.54, 1.807) is 0 Å². The van der Waals surface area contributed by atoms with Crippen molar-refractivity contribution in [1.29, 1.82) is 0 Å². The van der Waals surface area contributed by atoms with E-state index in [1.165, 1.54) is 154 Å². The van der Waals surface area contributed by atoms with Crippen LogP contribution < -0.4 is 11.1 Å². The molecule has 0 heterocycles. The normalized spacial score (nSPS) is 11.4. The zero-order valence-corrected chi connectivity index (χ0v) is 31.3. The van der Waals surface area contributed by atoms with E-state index >= 15 is 0 Å². The van der Waals surface area contributed by atoms with Crippen LogP contribution >= 0.6 is 0 Å². The van der Waals surface area contributed by atoms with Gasteiger partial charge in [0.1, 0.15) is 0 Å². The third-order valence-electron chi connectivity index (χ3n) is 9.24. The van der Waals surface area contributed by atoms with Crippen LogP contribution in [0.1, 0.15) is 226 Å². The van der Waals surface area contributed by atoms with E-state index < -0.39 is 5.91 Å². The first-order chi connectivity index (χ1) is 22.5. The average molecular weight is 677 g/mol. The standard InChI is InChI=1S/C40H80N2O4.Na.H/c1-4-7-9-11-13-15-17-19-21-23-25-27-29-31-33-35-38(43)45-40(37-41,42-6-3)46-39(44)36-34-32-30-28-26-24-22-20-18-16-14-12-10-8-5-2;;/h42H,4-37,41H2,1-3H3;;. The number of nitrogens with two attached hydrogens (primary N) is 1. The fourth-order valence-corrected chi connectivity index (χ4v) is 6.27. The van der Waals surface area contributed by atoms with Gasteiger partial charge < -0.3 is 15.2 Å². The molecule has 0 rings (SSSR count). The van der Waals surface area contributed by atoms with Crippen LogP contribution in [0.25, 0.3) is 0 Å². The second-order valence-corrected chi connectivity index (χ2v) is 13.8. The van der Waals surface area contributed by atoms with Gasteiger partial charge in [0.25, 0.3) is 0 Å². The van der Waals surface area contributed by atoms with Gasteiger partial charge in [-0.2, -0.15) is 0 Å². The molecule has 0 bridgehead atoms. The molecule has 0 fully saturated rings. The number of hydrogen-bond donors (Lipinski definition) is 2. The second-order valence-electron chi connectivity index (χ2n) is 13.8. The van der Waals surface area contributed by atoms with E-state index in [2.05, 4.69) is 19.2 Å². The third-order valence-corrected chi connectivity index (χ3v) is 9.24. The van der Waals surface area contributed by atoms with Gasteiger partial charge in [-0.05, 0) is 19.4 Å². The quantitative estimate of drug-likeness (QED) is 0.0294. The first kappa shape index (κ1) is 49.0. The van der Waals surface area contributed by atoms with Crippen molar-refractivity contribution in [1.82, 2.24) is 5.32 Å². The van der Waals surface area contributed by atoms with E-state index in [0.717, 1.165) is 38.5 Å². The Hall–Kier alpha value is -0.140. The topological polar surface area (TPSA) is 90.7 Å². The van der Waals surface area contributed by atoms with Gasteiger partial charge >= 0.3 is 47.4 Å². The van der Waals surface area contributed by atoms with E-state index in [-0.39, 0.29) is 48.0 Å². The summed E-state index contributed by atoms with van der Waals surface area (Å²) in [5.74, 6) is -2.28. The second kappa shape index (κ2) is 38.7. The van der Waals surface area contributed by atoms with Crippen molar-refractivity contribution in [2.75, 3.05) is 13.1 Å². The number of likely N-dealkylation sites (N-methyl/N-ethyl adjacent to an activating group) is 1. The fourth-order valence-electron chi connectivity index (χ4n) is 6.27. The summed E-state index contributed by atoms with van der Waals surface area (Å²) in [7, 11) is 0. The van der Waals surface area contributed by atoms with E-state index in [9.17, 15) is 9.59 Å². The minimum atomic E-state index is -1.56. The Labute approximate surface area is 315 Å². The van der Waals surface area contributed by atoms with Gasteiger partial charge in [-0.1, -0.05) is 201 Å². The predicted molar refractivity (Wildman–Crippen MR) is 204 cm³/mol. The zero-order valence-electron chi connectivity index (χ0n) is 31.3. The summed E-state index contributed by atoms with van der Waals surface area (Å²) in [6, 6.07) is 0. The van der Waals surface area contributed by atoms with Crippen LogP contribution in [-0.2, 0) is 19.1 Å². The molecule has 0 aromatic carbocycles. The molecule has 6 nitrogen and oxygen atoms in total. The van der Waals surface area contributed by atoms with Crippen molar-refractivity contribution in [3.05, 3.63) is 0 Å². The van der Waals surface area contributed by atoms with Crippen LogP contribution in [-0.4, -0.2) is 60.5 Å². The molecule has 0 radical (unpaired) electrons. The summed E-state index contributed by atoms with van der Waals surface area (Å²) in [6.07, 6.45) is 39.1. The molecule has 0 unspecified atom stereocenters. The molecule has 7 heteroatoms. The molecule has 0 aromatic rings. The van der Waals surface area contributed by atoms with Crippen LogP contribution in [0.15, 0.2) is 0 Å². The fraction of sp³-hybridized carbons (Fsp3) is 0.950. The first-order valence-corrected chi connectivity index (χ1v) is 20.4. The van der Waals surface area contributed by atoms with Crippen LogP contribution in [0.3, 0.4) is 0 Å². The van der Waals surface area contributed by atoms with Crippen LogP contribution in [0, 0.1) is 0 Å². The van der Waals surface area contributed by atoms with E-state index in [1.807, 2.05) is 6.92 Å². The maximum absolute atomic E-state index is 12.6. The SMILES string of the molecule is CCCCCCCCCCCCCCCCCC(=O)OC(CN)(NCC)OC(=O)CCCCCCCCCCCCCCCCC.[NaH]. The Kier molecular flexibility index (Phi) is 40.3. The predicted octanol–water partition coefficient (Wildman–Crippen LogP) is 11.2. The van der Waals surface area contributed by atoms with E-state index in [4.69, 9.17) is 15.2 Å². The van der Waals surface area contributed by atoms with E-state index in [0.29, 0.717) is 19.4 Å². The Balaban J connectivity index is 0. The van der Waals surface area contributed by atoms with Gasteiger partial charge in [-0.3, -0.25) is 9.59 Å². The molecule has 0 saturated heterocycles. The molecule has 0 amide bonds.